The first kappa shape index (κ1) is 25.9. The maximum atomic E-state index is 13.9. The van der Waals surface area contributed by atoms with Crippen molar-refractivity contribution in [2.75, 3.05) is 33.6 Å². The molecule has 200 valence electrons. The molecule has 0 saturated carbocycles. The molecule has 1 unspecified atom stereocenters. The molecule has 1 aromatic heterocycles. The Labute approximate surface area is 226 Å². The van der Waals surface area contributed by atoms with Crippen LogP contribution in [0.4, 0.5) is 0 Å². The molecule has 0 N–H and O–H groups in total. The fourth-order valence-electron chi connectivity index (χ4n) is 4.81. The molecule has 0 bridgehead atoms. The van der Waals surface area contributed by atoms with E-state index in [2.05, 4.69) is 11.4 Å². The normalized spacial score (nSPS) is 16.1. The highest BCUT2D eigenvalue weighted by atomic mass is 32.1. The number of hydrogen-bond donors (Lipinski definition) is 0. The number of carbonyl (C=O) groups is 2. The minimum absolute atomic E-state index is 0.0542. The highest BCUT2D eigenvalue weighted by Crippen LogP contribution is 2.36. The van der Waals surface area contributed by atoms with Crippen molar-refractivity contribution in [1.29, 1.82) is 0 Å². The average molecular weight is 537 g/mol. The van der Waals surface area contributed by atoms with E-state index in [0.717, 1.165) is 12.0 Å². The monoisotopic (exact) mass is 536 g/mol. The van der Waals surface area contributed by atoms with Crippen LogP contribution in [-0.4, -0.2) is 60.8 Å². The van der Waals surface area contributed by atoms with E-state index in [9.17, 15) is 9.59 Å². The van der Waals surface area contributed by atoms with E-state index in [1.54, 1.807) is 41.5 Å². The van der Waals surface area contributed by atoms with Gasteiger partial charge < -0.3 is 28.7 Å². The third kappa shape index (κ3) is 5.15. The predicted molar refractivity (Wildman–Crippen MR) is 144 cm³/mol. The Morgan fingerprint density at radius 1 is 1.08 bits per heavy atom. The first-order chi connectivity index (χ1) is 18.3. The Balaban J connectivity index is 1.37. The average Bonchev–Trinajstić information content (AvgIpc) is 3.58. The molecule has 2 aliphatic heterocycles. The van der Waals surface area contributed by atoms with Crippen LogP contribution in [-0.2, 0) is 11.2 Å². The van der Waals surface area contributed by atoms with Gasteiger partial charge in [-0.25, -0.2) is 0 Å². The Morgan fingerprint density at radius 2 is 1.84 bits per heavy atom. The zero-order valence-electron chi connectivity index (χ0n) is 22.1. The van der Waals surface area contributed by atoms with Crippen LogP contribution in [0.3, 0.4) is 0 Å². The van der Waals surface area contributed by atoms with Crippen molar-refractivity contribution in [3.05, 3.63) is 69.9 Å². The number of methoxy groups -OCH3 is 1. The van der Waals surface area contributed by atoms with E-state index in [4.69, 9.17) is 18.9 Å². The zero-order chi connectivity index (χ0) is 26.9. The van der Waals surface area contributed by atoms with Gasteiger partial charge in [0.2, 0.25) is 12.7 Å². The summed E-state index contributed by atoms with van der Waals surface area (Å²) in [6.07, 6.45) is 0.773. The second-order valence-corrected chi connectivity index (χ2v) is 11.2. The number of benzene rings is 2. The van der Waals surface area contributed by atoms with Gasteiger partial charge in [0.15, 0.2) is 23.0 Å². The summed E-state index contributed by atoms with van der Waals surface area (Å²) in [5.41, 5.74) is 0.955. The van der Waals surface area contributed by atoms with Gasteiger partial charge in [0.25, 0.3) is 5.91 Å². The van der Waals surface area contributed by atoms with Crippen LogP contribution in [0.2, 0.25) is 0 Å². The van der Waals surface area contributed by atoms with Crippen molar-refractivity contribution in [3.63, 3.8) is 0 Å². The lowest BCUT2D eigenvalue weighted by molar-refractivity contribution is -0.136. The quantitative estimate of drug-likeness (QED) is 0.426. The molecule has 2 aromatic carbocycles. The first-order valence-corrected chi connectivity index (χ1v) is 13.5. The number of para-hydroxylation sites is 2. The maximum absolute atomic E-state index is 13.9. The van der Waals surface area contributed by atoms with Gasteiger partial charge in [0.1, 0.15) is 13.2 Å². The van der Waals surface area contributed by atoms with Crippen molar-refractivity contribution >= 4 is 23.2 Å². The fraction of sp³-hybridized carbons (Fsp3) is 0.379. The minimum Gasteiger partial charge on any atom is -0.493 e. The molecule has 8 nitrogen and oxygen atoms in total. The Morgan fingerprint density at radius 3 is 2.61 bits per heavy atom. The molecule has 0 radical (unpaired) electrons. The van der Waals surface area contributed by atoms with Crippen molar-refractivity contribution in [1.82, 2.24) is 9.80 Å². The van der Waals surface area contributed by atoms with Crippen molar-refractivity contribution in [3.8, 4) is 23.0 Å². The number of amides is 2. The van der Waals surface area contributed by atoms with Gasteiger partial charge in [0, 0.05) is 22.5 Å². The molecule has 0 saturated heterocycles. The molecule has 2 aliphatic rings. The lowest BCUT2D eigenvalue weighted by atomic mass is 9.99. The van der Waals surface area contributed by atoms with Crippen LogP contribution < -0.4 is 18.9 Å². The van der Waals surface area contributed by atoms with Gasteiger partial charge in [-0.1, -0.05) is 12.1 Å². The van der Waals surface area contributed by atoms with Crippen LogP contribution in [0.25, 0.3) is 0 Å². The Hall–Kier alpha value is -3.72. The number of nitrogens with zero attached hydrogens (tertiary/aromatic N) is 2. The van der Waals surface area contributed by atoms with E-state index in [1.165, 1.54) is 4.88 Å². The Bertz CT molecular complexity index is 1330. The van der Waals surface area contributed by atoms with Gasteiger partial charge in [0.05, 0.1) is 13.2 Å². The summed E-state index contributed by atoms with van der Waals surface area (Å²) < 4.78 is 22.5. The predicted octanol–water partition coefficient (Wildman–Crippen LogP) is 4.93. The molecule has 9 heteroatoms. The van der Waals surface area contributed by atoms with Crippen molar-refractivity contribution in [2.45, 2.75) is 38.8 Å². The van der Waals surface area contributed by atoms with Crippen LogP contribution in [0.1, 0.15) is 47.6 Å². The standard InChI is InChI=1S/C29H32N2O6S/c1-29(2,3)31(28(33)19-9-10-24-25(15-19)37-18-36-24)16-27(32)30-13-11-26-20(12-14-38-26)21(30)17-35-23-8-6-5-7-22(23)34-4/h5-10,12,14-15,21H,11,13,16-18H2,1-4H3. The van der Waals surface area contributed by atoms with Gasteiger partial charge >= 0.3 is 0 Å². The lowest BCUT2D eigenvalue weighted by Crippen LogP contribution is -2.53. The Kier molecular flexibility index (Phi) is 7.21. The summed E-state index contributed by atoms with van der Waals surface area (Å²) in [7, 11) is 1.61. The molecule has 3 heterocycles. The summed E-state index contributed by atoms with van der Waals surface area (Å²) in [6, 6.07) is 14.4. The number of thiophene rings is 1. The highest BCUT2D eigenvalue weighted by Gasteiger charge is 2.36. The molecule has 5 rings (SSSR count). The molecule has 3 aromatic rings. The molecule has 38 heavy (non-hydrogen) atoms. The number of hydrogen-bond acceptors (Lipinski definition) is 7. The van der Waals surface area contributed by atoms with E-state index >= 15 is 0 Å². The second-order valence-electron chi connectivity index (χ2n) is 10.2. The fourth-order valence-corrected chi connectivity index (χ4v) is 5.73. The van der Waals surface area contributed by atoms with E-state index in [0.29, 0.717) is 35.1 Å². The highest BCUT2D eigenvalue weighted by molar-refractivity contribution is 7.10. The molecule has 2 amide bonds. The topological polar surface area (TPSA) is 77.5 Å². The number of rotatable bonds is 7. The lowest BCUT2D eigenvalue weighted by Gasteiger charge is -2.40. The molecular formula is C29H32N2O6S. The van der Waals surface area contributed by atoms with E-state index in [-0.39, 0.29) is 37.8 Å². The van der Waals surface area contributed by atoms with E-state index < -0.39 is 5.54 Å². The van der Waals surface area contributed by atoms with E-state index in [1.807, 2.05) is 49.9 Å². The third-order valence-electron chi connectivity index (χ3n) is 6.85. The summed E-state index contributed by atoms with van der Waals surface area (Å²) in [5.74, 6) is 2.04. The summed E-state index contributed by atoms with van der Waals surface area (Å²) in [4.78, 5) is 32.2. The largest absolute Gasteiger partial charge is 0.493 e. The number of ether oxygens (including phenoxy) is 4. The number of carbonyl (C=O) groups excluding carboxylic acids is 2. The van der Waals surface area contributed by atoms with Crippen LogP contribution in [0.15, 0.2) is 53.9 Å². The molecule has 0 fully saturated rings. The SMILES string of the molecule is COc1ccccc1OCC1c2ccsc2CCN1C(=O)CN(C(=O)c1ccc2c(c1)OCO2)C(C)(C)C. The van der Waals surface area contributed by atoms with Crippen LogP contribution in [0.5, 0.6) is 23.0 Å². The van der Waals surface area contributed by atoms with Crippen LogP contribution >= 0.6 is 11.3 Å². The van der Waals surface area contributed by atoms with Gasteiger partial charge in [-0.15, -0.1) is 11.3 Å². The van der Waals surface area contributed by atoms with Crippen LogP contribution in [0, 0.1) is 0 Å². The van der Waals surface area contributed by atoms with Gasteiger partial charge in [-0.3, -0.25) is 9.59 Å². The number of fused-ring (bicyclic) bond motifs is 2. The molecular weight excluding hydrogens is 504 g/mol. The molecule has 0 aliphatic carbocycles. The smallest absolute Gasteiger partial charge is 0.254 e. The van der Waals surface area contributed by atoms with Crippen molar-refractivity contribution < 1.29 is 28.5 Å². The molecule has 0 spiro atoms. The summed E-state index contributed by atoms with van der Waals surface area (Å²) in [6.45, 7) is 6.71. The maximum Gasteiger partial charge on any atom is 0.254 e. The second kappa shape index (κ2) is 10.6. The van der Waals surface area contributed by atoms with Crippen molar-refractivity contribution in [2.24, 2.45) is 0 Å². The minimum atomic E-state index is -0.587. The third-order valence-corrected chi connectivity index (χ3v) is 7.85. The zero-order valence-corrected chi connectivity index (χ0v) is 22.9. The van der Waals surface area contributed by atoms with Gasteiger partial charge in [-0.05, 0) is 74.5 Å². The molecule has 1 atom stereocenters. The van der Waals surface area contributed by atoms with Gasteiger partial charge in [-0.2, -0.15) is 0 Å². The summed E-state index contributed by atoms with van der Waals surface area (Å²) >= 11 is 1.70. The summed E-state index contributed by atoms with van der Waals surface area (Å²) in [5, 5.41) is 2.05. The first-order valence-electron chi connectivity index (χ1n) is 12.6.